The topological polar surface area (TPSA) is 30.2 Å². The molecule has 1 aromatic heterocycles. The number of fused-ring (bicyclic) bond motifs is 1. The molecule has 3 rings (SSSR count). The minimum absolute atomic E-state index is 0.00706. The van der Waals surface area contributed by atoms with Gasteiger partial charge in [-0.2, -0.15) is 0 Å². The Morgan fingerprint density at radius 2 is 1.60 bits per heavy atom. The van der Waals surface area contributed by atoms with E-state index in [2.05, 4.69) is 31.9 Å². The highest BCUT2D eigenvalue weighted by atomic mass is 79.9. The fourth-order valence-corrected chi connectivity index (χ4v) is 2.86. The normalized spacial score (nSPS) is 10.9. The zero-order valence-corrected chi connectivity index (χ0v) is 13.8. The van der Waals surface area contributed by atoms with Crippen molar-refractivity contribution in [1.29, 1.82) is 0 Å². The smallest absolute Gasteiger partial charge is 0.200 e. The fourth-order valence-electron chi connectivity index (χ4n) is 2.23. The van der Waals surface area contributed by atoms with Crippen LogP contribution in [0.3, 0.4) is 0 Å². The Kier molecular flexibility index (Phi) is 3.52. The van der Waals surface area contributed by atoms with Crippen LogP contribution in [0.4, 0.5) is 0 Å². The van der Waals surface area contributed by atoms with Gasteiger partial charge in [-0.1, -0.05) is 44.0 Å². The van der Waals surface area contributed by atoms with E-state index in [-0.39, 0.29) is 5.43 Å². The fraction of sp³-hybridized carbons (Fsp3) is 0.0625. The highest BCUT2D eigenvalue weighted by molar-refractivity contribution is 9.10. The van der Waals surface area contributed by atoms with Gasteiger partial charge in [-0.25, -0.2) is 0 Å². The summed E-state index contributed by atoms with van der Waals surface area (Å²) in [5.41, 5.74) is 2.08. The maximum Gasteiger partial charge on any atom is 0.200 e. The van der Waals surface area contributed by atoms with Gasteiger partial charge in [-0.3, -0.25) is 4.79 Å². The summed E-state index contributed by atoms with van der Waals surface area (Å²) < 4.78 is 7.62. The SMILES string of the molecule is Cc1oc2ccc(Br)cc2c(=O)c1-c1ccc(Br)cc1. The van der Waals surface area contributed by atoms with Crippen molar-refractivity contribution in [2.45, 2.75) is 6.92 Å². The molecular formula is C16H10Br2O2. The average Bonchev–Trinajstić information content (AvgIpc) is 2.42. The quantitative estimate of drug-likeness (QED) is 0.562. The molecule has 1 heterocycles. The van der Waals surface area contributed by atoms with Crippen LogP contribution in [0.25, 0.3) is 22.1 Å². The lowest BCUT2D eigenvalue weighted by molar-refractivity contribution is 0.567. The van der Waals surface area contributed by atoms with E-state index in [1.807, 2.05) is 37.3 Å². The van der Waals surface area contributed by atoms with E-state index in [0.29, 0.717) is 22.3 Å². The van der Waals surface area contributed by atoms with Gasteiger partial charge >= 0.3 is 0 Å². The Morgan fingerprint density at radius 1 is 0.950 bits per heavy atom. The Labute approximate surface area is 132 Å². The van der Waals surface area contributed by atoms with Crippen LogP contribution in [0.1, 0.15) is 5.76 Å². The Bertz CT molecular complexity index is 849. The van der Waals surface area contributed by atoms with Crippen molar-refractivity contribution in [3.05, 3.63) is 67.4 Å². The average molecular weight is 394 g/mol. The van der Waals surface area contributed by atoms with E-state index < -0.39 is 0 Å². The number of rotatable bonds is 1. The number of hydrogen-bond acceptors (Lipinski definition) is 2. The molecule has 3 aromatic rings. The van der Waals surface area contributed by atoms with E-state index in [4.69, 9.17) is 4.42 Å². The van der Waals surface area contributed by atoms with E-state index in [9.17, 15) is 4.79 Å². The molecular weight excluding hydrogens is 384 g/mol. The predicted molar refractivity (Wildman–Crippen MR) is 88.1 cm³/mol. The van der Waals surface area contributed by atoms with Crippen molar-refractivity contribution in [1.82, 2.24) is 0 Å². The summed E-state index contributed by atoms with van der Waals surface area (Å²) in [5.74, 6) is 0.632. The molecule has 20 heavy (non-hydrogen) atoms. The molecule has 0 saturated carbocycles. The molecule has 0 unspecified atom stereocenters. The highest BCUT2D eigenvalue weighted by Crippen LogP contribution is 2.26. The van der Waals surface area contributed by atoms with E-state index in [1.165, 1.54) is 0 Å². The molecule has 0 fully saturated rings. The third-order valence-corrected chi connectivity index (χ3v) is 4.18. The maximum atomic E-state index is 12.7. The van der Waals surface area contributed by atoms with Crippen molar-refractivity contribution in [3.8, 4) is 11.1 Å². The van der Waals surface area contributed by atoms with Crippen LogP contribution in [0.15, 0.2) is 60.6 Å². The van der Waals surface area contributed by atoms with Crippen molar-refractivity contribution in [2.75, 3.05) is 0 Å². The molecule has 0 radical (unpaired) electrons. The minimum Gasteiger partial charge on any atom is -0.460 e. The van der Waals surface area contributed by atoms with Crippen LogP contribution >= 0.6 is 31.9 Å². The minimum atomic E-state index is -0.00706. The van der Waals surface area contributed by atoms with Crippen LogP contribution in [0.2, 0.25) is 0 Å². The Balaban J connectivity index is 2.36. The van der Waals surface area contributed by atoms with Crippen LogP contribution in [0.5, 0.6) is 0 Å². The molecule has 2 aromatic carbocycles. The molecule has 100 valence electrons. The maximum absolute atomic E-state index is 12.7. The molecule has 0 spiro atoms. The van der Waals surface area contributed by atoms with E-state index in [0.717, 1.165) is 14.5 Å². The molecule has 0 aliphatic rings. The van der Waals surface area contributed by atoms with Crippen LogP contribution in [-0.4, -0.2) is 0 Å². The first-order valence-electron chi connectivity index (χ1n) is 6.05. The molecule has 2 nitrogen and oxygen atoms in total. The summed E-state index contributed by atoms with van der Waals surface area (Å²) in [6.07, 6.45) is 0. The third-order valence-electron chi connectivity index (χ3n) is 3.16. The number of hydrogen-bond donors (Lipinski definition) is 0. The molecule has 0 saturated heterocycles. The lowest BCUT2D eigenvalue weighted by Crippen LogP contribution is -2.07. The second-order valence-electron chi connectivity index (χ2n) is 4.51. The van der Waals surface area contributed by atoms with Gasteiger partial charge in [0.2, 0.25) is 5.43 Å². The van der Waals surface area contributed by atoms with Crippen molar-refractivity contribution in [3.63, 3.8) is 0 Å². The summed E-state index contributed by atoms with van der Waals surface area (Å²) >= 11 is 6.79. The molecule has 0 atom stereocenters. The first-order valence-corrected chi connectivity index (χ1v) is 7.64. The third kappa shape index (κ3) is 2.34. The first kappa shape index (κ1) is 13.6. The van der Waals surface area contributed by atoms with Gasteiger partial charge in [0, 0.05) is 8.95 Å². The number of halogens is 2. The monoisotopic (exact) mass is 392 g/mol. The van der Waals surface area contributed by atoms with Gasteiger partial charge in [0.15, 0.2) is 0 Å². The van der Waals surface area contributed by atoms with E-state index >= 15 is 0 Å². The second-order valence-corrected chi connectivity index (χ2v) is 6.34. The number of benzene rings is 2. The molecule has 0 amide bonds. The molecule has 0 aliphatic heterocycles. The van der Waals surface area contributed by atoms with Crippen LogP contribution in [0, 0.1) is 6.92 Å². The van der Waals surface area contributed by atoms with Gasteiger partial charge in [0.05, 0.1) is 10.9 Å². The van der Waals surface area contributed by atoms with Crippen molar-refractivity contribution in [2.24, 2.45) is 0 Å². The van der Waals surface area contributed by atoms with Gasteiger partial charge in [-0.15, -0.1) is 0 Å². The zero-order valence-electron chi connectivity index (χ0n) is 10.6. The summed E-state index contributed by atoms with van der Waals surface area (Å²) in [6, 6.07) is 13.1. The second kappa shape index (κ2) is 5.19. The van der Waals surface area contributed by atoms with E-state index in [1.54, 1.807) is 12.1 Å². The Morgan fingerprint density at radius 3 is 2.30 bits per heavy atom. The molecule has 0 bridgehead atoms. The Hall–Kier alpha value is -1.39. The van der Waals surface area contributed by atoms with Crippen LogP contribution < -0.4 is 5.43 Å². The molecule has 4 heteroatoms. The van der Waals surface area contributed by atoms with Crippen molar-refractivity contribution >= 4 is 42.8 Å². The van der Waals surface area contributed by atoms with Crippen LogP contribution in [-0.2, 0) is 0 Å². The van der Waals surface area contributed by atoms with Gasteiger partial charge in [-0.05, 0) is 42.8 Å². The summed E-state index contributed by atoms with van der Waals surface area (Å²) in [5, 5.41) is 0.586. The van der Waals surface area contributed by atoms with Crippen molar-refractivity contribution < 1.29 is 4.42 Å². The predicted octanol–water partition coefficient (Wildman–Crippen LogP) is 5.29. The van der Waals surface area contributed by atoms with Gasteiger partial charge in [0.1, 0.15) is 11.3 Å². The lowest BCUT2D eigenvalue weighted by Gasteiger charge is -2.07. The summed E-state index contributed by atoms with van der Waals surface area (Å²) in [4.78, 5) is 12.7. The largest absolute Gasteiger partial charge is 0.460 e. The van der Waals surface area contributed by atoms with Gasteiger partial charge < -0.3 is 4.42 Å². The first-order chi connectivity index (χ1) is 9.56. The summed E-state index contributed by atoms with van der Waals surface area (Å²) in [7, 11) is 0. The van der Waals surface area contributed by atoms with Gasteiger partial charge in [0.25, 0.3) is 0 Å². The highest BCUT2D eigenvalue weighted by Gasteiger charge is 2.13. The lowest BCUT2D eigenvalue weighted by atomic mass is 10.0. The summed E-state index contributed by atoms with van der Waals surface area (Å²) in [6.45, 7) is 1.82. The molecule has 0 aliphatic carbocycles. The number of aryl methyl sites for hydroxylation is 1. The zero-order chi connectivity index (χ0) is 14.3. The molecule has 0 N–H and O–H groups in total. The standard InChI is InChI=1S/C16H10Br2O2/c1-9-15(10-2-4-11(17)5-3-10)16(19)13-8-12(18)6-7-14(13)20-9/h2-8H,1H3.